The summed E-state index contributed by atoms with van der Waals surface area (Å²) in [5.41, 5.74) is 7.82. The van der Waals surface area contributed by atoms with Crippen LogP contribution in [-0.4, -0.2) is 0 Å². The molecule has 1 aromatic carbocycles. The van der Waals surface area contributed by atoms with Gasteiger partial charge in [0.05, 0.1) is 0 Å². The Morgan fingerprint density at radius 3 is 2.15 bits per heavy atom. The summed E-state index contributed by atoms with van der Waals surface area (Å²) in [7, 11) is 0. The fraction of sp³-hybridized carbons (Fsp3) is 0.550. The van der Waals surface area contributed by atoms with Crippen molar-refractivity contribution in [1.82, 2.24) is 0 Å². The predicted molar refractivity (Wildman–Crippen MR) is 89.7 cm³/mol. The van der Waals surface area contributed by atoms with E-state index in [9.17, 15) is 0 Å². The topological polar surface area (TPSA) is 0 Å². The second-order valence-corrected chi connectivity index (χ2v) is 6.86. The van der Waals surface area contributed by atoms with Gasteiger partial charge in [0.1, 0.15) is 0 Å². The van der Waals surface area contributed by atoms with Crippen LogP contribution in [0.1, 0.15) is 75.9 Å². The predicted octanol–water partition coefficient (Wildman–Crippen LogP) is 6.39. The molecule has 0 N–H and O–H groups in total. The van der Waals surface area contributed by atoms with Crippen molar-refractivity contribution in [3.05, 3.63) is 40.6 Å². The number of benzene rings is 1. The molecular formula is C20H28. The zero-order valence-corrected chi connectivity index (χ0v) is 12.8. The molecule has 108 valence electrons. The number of rotatable bonds is 0. The number of hydrogen-bond donors (Lipinski definition) is 0. The second-order valence-electron chi connectivity index (χ2n) is 6.86. The van der Waals surface area contributed by atoms with Crippen LogP contribution in [0.4, 0.5) is 0 Å². The van der Waals surface area contributed by atoms with Crippen molar-refractivity contribution in [1.29, 1.82) is 0 Å². The van der Waals surface area contributed by atoms with Crippen molar-refractivity contribution in [2.24, 2.45) is 5.41 Å². The van der Waals surface area contributed by atoms with E-state index in [1.165, 1.54) is 48.8 Å². The summed E-state index contributed by atoms with van der Waals surface area (Å²) in [5, 5.41) is 0. The molecule has 0 saturated heterocycles. The molecule has 0 aromatic heterocycles. The van der Waals surface area contributed by atoms with Gasteiger partial charge in [0.15, 0.2) is 0 Å². The Morgan fingerprint density at radius 2 is 1.45 bits per heavy atom. The van der Waals surface area contributed by atoms with Crippen molar-refractivity contribution in [3.63, 3.8) is 0 Å². The molecule has 4 rings (SSSR count). The van der Waals surface area contributed by atoms with E-state index in [4.69, 9.17) is 0 Å². The molecule has 0 unspecified atom stereocenters. The van der Waals surface area contributed by atoms with Crippen LogP contribution in [0.25, 0.3) is 12.2 Å². The zero-order chi connectivity index (χ0) is 13.8. The van der Waals surface area contributed by atoms with Crippen LogP contribution in [0.2, 0.25) is 0 Å². The van der Waals surface area contributed by atoms with Crippen molar-refractivity contribution < 1.29 is 1.43 Å². The molecule has 1 aromatic rings. The van der Waals surface area contributed by atoms with E-state index in [0.717, 1.165) is 5.41 Å². The summed E-state index contributed by atoms with van der Waals surface area (Å²) in [5.74, 6) is 0. The average Bonchev–Trinajstić information content (AvgIpc) is 3.09. The first-order valence-corrected chi connectivity index (χ1v) is 8.31. The van der Waals surface area contributed by atoms with Gasteiger partial charge in [-0.15, -0.1) is 5.73 Å². The van der Waals surface area contributed by atoms with Crippen molar-refractivity contribution >= 4 is 12.2 Å². The van der Waals surface area contributed by atoms with Crippen LogP contribution in [0, 0.1) is 12.3 Å². The molecule has 20 heavy (non-hydrogen) atoms. The van der Waals surface area contributed by atoms with E-state index in [0.29, 0.717) is 0 Å². The third-order valence-corrected chi connectivity index (χ3v) is 5.30. The lowest BCUT2D eigenvalue weighted by Gasteiger charge is -2.32. The highest BCUT2D eigenvalue weighted by atomic mass is 14.4. The number of hydrogen-bond acceptors (Lipinski definition) is 0. The van der Waals surface area contributed by atoms with Gasteiger partial charge in [-0.3, -0.25) is 0 Å². The fourth-order valence-electron chi connectivity index (χ4n) is 4.10. The second kappa shape index (κ2) is 6.02. The van der Waals surface area contributed by atoms with E-state index >= 15 is 0 Å². The van der Waals surface area contributed by atoms with Crippen molar-refractivity contribution in [2.75, 3.05) is 0 Å². The van der Waals surface area contributed by atoms with Crippen molar-refractivity contribution in [3.8, 4) is 0 Å². The molecule has 0 heterocycles. The Kier molecular flexibility index (Phi) is 4.13. The maximum atomic E-state index is 3.06. The molecule has 0 aliphatic heterocycles. The van der Waals surface area contributed by atoms with Gasteiger partial charge in [-0.2, -0.15) is 0 Å². The number of aryl methyl sites for hydroxylation is 1. The monoisotopic (exact) mass is 268 g/mol. The Balaban J connectivity index is 0.000000147. The summed E-state index contributed by atoms with van der Waals surface area (Å²) < 4.78 is 0. The minimum atomic E-state index is 0. The van der Waals surface area contributed by atoms with E-state index in [1.54, 1.807) is 25.7 Å². The Labute approximate surface area is 125 Å². The molecule has 0 bridgehead atoms. The Hall–Kier alpha value is -1.26. The third-order valence-electron chi connectivity index (χ3n) is 5.30. The van der Waals surface area contributed by atoms with Gasteiger partial charge in [-0.1, -0.05) is 55.9 Å². The first-order valence-electron chi connectivity index (χ1n) is 8.31. The molecule has 2 fully saturated rings. The lowest BCUT2D eigenvalue weighted by atomic mass is 9.73. The third kappa shape index (κ3) is 3.07. The summed E-state index contributed by atoms with van der Waals surface area (Å²) in [4.78, 5) is 0. The maximum Gasteiger partial charge on any atom is 0 e. The first-order chi connectivity index (χ1) is 9.77. The zero-order valence-electron chi connectivity index (χ0n) is 12.8. The Morgan fingerprint density at radius 1 is 0.850 bits per heavy atom. The average molecular weight is 268 g/mol. The van der Waals surface area contributed by atoms with Crippen LogP contribution in [0.3, 0.4) is 0 Å². The SMILES string of the molecule is C1CCC2(CC1)CCCC2.Cc1ccc2c(c1)C=C=C2.[HH]. The lowest BCUT2D eigenvalue weighted by molar-refractivity contribution is 0.197. The van der Waals surface area contributed by atoms with Gasteiger partial charge in [0.25, 0.3) is 0 Å². The minimum Gasteiger partial charge on any atom is -0.120 e. The highest BCUT2D eigenvalue weighted by Crippen LogP contribution is 2.48. The normalized spacial score (nSPS) is 21.6. The highest BCUT2D eigenvalue weighted by Gasteiger charge is 2.34. The van der Waals surface area contributed by atoms with E-state index in [-0.39, 0.29) is 1.43 Å². The largest absolute Gasteiger partial charge is 0.120 e. The van der Waals surface area contributed by atoms with E-state index in [2.05, 4.69) is 30.9 Å². The molecule has 0 nitrogen and oxygen atoms in total. The van der Waals surface area contributed by atoms with E-state index in [1.807, 2.05) is 12.2 Å². The molecule has 2 saturated carbocycles. The maximum absolute atomic E-state index is 3.06. The number of fused-ring (bicyclic) bond motifs is 1. The molecule has 0 amide bonds. The molecule has 3 aliphatic carbocycles. The van der Waals surface area contributed by atoms with Crippen LogP contribution in [0.15, 0.2) is 23.9 Å². The molecule has 3 aliphatic rings. The van der Waals surface area contributed by atoms with Gasteiger partial charge in [-0.25, -0.2) is 0 Å². The Bertz CT molecular complexity index is 521. The van der Waals surface area contributed by atoms with Crippen LogP contribution in [-0.2, 0) is 0 Å². The van der Waals surface area contributed by atoms with Crippen molar-refractivity contribution in [2.45, 2.75) is 64.7 Å². The molecule has 0 radical (unpaired) electrons. The van der Waals surface area contributed by atoms with Gasteiger partial charge in [0, 0.05) is 1.43 Å². The lowest BCUT2D eigenvalue weighted by Crippen LogP contribution is -2.19. The summed E-state index contributed by atoms with van der Waals surface area (Å²) in [6.07, 6.45) is 17.9. The fourth-order valence-corrected chi connectivity index (χ4v) is 4.10. The first kappa shape index (κ1) is 13.7. The summed E-state index contributed by atoms with van der Waals surface area (Å²) in [6.45, 7) is 2.10. The van der Waals surface area contributed by atoms with Gasteiger partial charge in [-0.05, 0) is 61.3 Å². The van der Waals surface area contributed by atoms with Crippen LogP contribution >= 0.6 is 0 Å². The summed E-state index contributed by atoms with van der Waals surface area (Å²) >= 11 is 0. The standard InChI is InChI=1S/C10H8.C10H18.H2/c1-8-5-6-9-3-2-4-10(9)7-8;1-2-6-10(7-3-1)8-4-5-9-10;/h3-7H,1H3;1-9H2;1H. The van der Waals surface area contributed by atoms with Crippen LogP contribution < -0.4 is 0 Å². The minimum absolute atomic E-state index is 0. The smallest absolute Gasteiger partial charge is 0 e. The van der Waals surface area contributed by atoms with Gasteiger partial charge >= 0.3 is 0 Å². The molecule has 1 spiro atoms. The molecule has 0 atom stereocenters. The van der Waals surface area contributed by atoms with Gasteiger partial charge < -0.3 is 0 Å². The quantitative estimate of drug-likeness (QED) is 0.485. The summed E-state index contributed by atoms with van der Waals surface area (Å²) in [6, 6.07) is 6.42. The molecular weight excluding hydrogens is 240 g/mol. The van der Waals surface area contributed by atoms with Gasteiger partial charge in [0.2, 0.25) is 0 Å². The molecule has 0 heteroatoms. The van der Waals surface area contributed by atoms with E-state index < -0.39 is 0 Å². The highest BCUT2D eigenvalue weighted by molar-refractivity contribution is 5.73. The van der Waals surface area contributed by atoms with Crippen LogP contribution in [0.5, 0.6) is 0 Å².